The quantitative estimate of drug-likeness (QED) is 0.442. The largest absolute Gasteiger partial charge is 0.434 e. The first-order chi connectivity index (χ1) is 16.7. The van der Waals surface area contributed by atoms with Crippen molar-refractivity contribution in [2.24, 2.45) is 0 Å². The van der Waals surface area contributed by atoms with Gasteiger partial charge in [0.1, 0.15) is 12.0 Å². The molecule has 0 saturated carbocycles. The highest BCUT2D eigenvalue weighted by atomic mass is 19.1. The molecule has 5 rings (SSSR count). The highest BCUT2D eigenvalue weighted by Crippen LogP contribution is 2.33. The molecule has 1 aliphatic heterocycles. The van der Waals surface area contributed by atoms with Crippen LogP contribution in [0.2, 0.25) is 0 Å². The number of carbonyl (C=O) groups excluding carboxylic acids is 1. The number of rotatable bonds is 5. The fourth-order valence-electron chi connectivity index (χ4n) is 4.06. The van der Waals surface area contributed by atoms with E-state index in [-0.39, 0.29) is 23.5 Å². The topological polar surface area (TPSA) is 94.0 Å². The van der Waals surface area contributed by atoms with Gasteiger partial charge < -0.3 is 9.64 Å². The van der Waals surface area contributed by atoms with E-state index in [2.05, 4.69) is 24.9 Å². The summed E-state index contributed by atoms with van der Waals surface area (Å²) in [6, 6.07) is 7.96. The molecule has 8 nitrogen and oxygen atoms in total. The molecular formula is C25H21FN6O2. The minimum Gasteiger partial charge on any atom is -0.434 e. The van der Waals surface area contributed by atoms with Crippen molar-refractivity contribution in [3.8, 4) is 22.8 Å². The SMILES string of the molecule is O=C(c1cncc(-c2cncnc2)c1)N1CCC[C@@H](c2nccnc2Oc2ccccc2F)C1. The van der Waals surface area contributed by atoms with E-state index >= 15 is 0 Å². The molecule has 1 amide bonds. The molecule has 1 aliphatic rings. The molecule has 3 aromatic heterocycles. The first-order valence-electron chi connectivity index (χ1n) is 10.9. The highest BCUT2D eigenvalue weighted by Gasteiger charge is 2.29. The van der Waals surface area contributed by atoms with Gasteiger partial charge in [0.15, 0.2) is 11.6 Å². The normalized spacial score (nSPS) is 15.7. The van der Waals surface area contributed by atoms with Crippen molar-refractivity contribution in [1.82, 2.24) is 29.8 Å². The first kappa shape index (κ1) is 21.6. The van der Waals surface area contributed by atoms with Gasteiger partial charge in [0, 0.05) is 67.3 Å². The Morgan fingerprint density at radius 3 is 2.65 bits per heavy atom. The molecule has 1 atom stereocenters. The summed E-state index contributed by atoms with van der Waals surface area (Å²) in [6.07, 6.45) is 12.8. The predicted molar refractivity (Wildman–Crippen MR) is 122 cm³/mol. The number of ether oxygens (including phenoxy) is 1. The van der Waals surface area contributed by atoms with Crippen LogP contribution in [0, 0.1) is 5.82 Å². The van der Waals surface area contributed by atoms with Crippen molar-refractivity contribution in [1.29, 1.82) is 0 Å². The fourth-order valence-corrected chi connectivity index (χ4v) is 4.06. The van der Waals surface area contributed by atoms with Crippen molar-refractivity contribution in [2.75, 3.05) is 13.1 Å². The fraction of sp³-hybridized carbons (Fsp3) is 0.200. The van der Waals surface area contributed by atoms with E-state index in [1.807, 2.05) is 0 Å². The maximum absolute atomic E-state index is 14.1. The number of nitrogens with zero attached hydrogens (tertiary/aromatic N) is 6. The number of benzene rings is 1. The Morgan fingerprint density at radius 1 is 1.00 bits per heavy atom. The zero-order valence-electron chi connectivity index (χ0n) is 18.2. The zero-order valence-corrected chi connectivity index (χ0v) is 18.2. The molecule has 0 N–H and O–H groups in total. The maximum atomic E-state index is 14.1. The Bertz CT molecular complexity index is 1300. The lowest BCUT2D eigenvalue weighted by molar-refractivity contribution is 0.0704. The summed E-state index contributed by atoms with van der Waals surface area (Å²) in [7, 11) is 0. The third-order valence-electron chi connectivity index (χ3n) is 5.71. The van der Waals surface area contributed by atoms with Crippen molar-refractivity contribution in [2.45, 2.75) is 18.8 Å². The summed E-state index contributed by atoms with van der Waals surface area (Å²) < 4.78 is 19.9. The smallest absolute Gasteiger partial charge is 0.255 e. The molecule has 0 bridgehead atoms. The van der Waals surface area contributed by atoms with E-state index in [0.29, 0.717) is 24.3 Å². The lowest BCUT2D eigenvalue weighted by Gasteiger charge is -2.32. The highest BCUT2D eigenvalue weighted by molar-refractivity contribution is 5.95. The van der Waals surface area contributed by atoms with Crippen LogP contribution < -0.4 is 4.74 Å². The van der Waals surface area contributed by atoms with Gasteiger partial charge in [-0.25, -0.2) is 19.3 Å². The first-order valence-corrected chi connectivity index (χ1v) is 10.9. The van der Waals surface area contributed by atoms with Crippen LogP contribution in [0.4, 0.5) is 4.39 Å². The van der Waals surface area contributed by atoms with Crippen LogP contribution >= 0.6 is 0 Å². The van der Waals surface area contributed by atoms with Crippen LogP contribution in [0.15, 0.2) is 73.8 Å². The van der Waals surface area contributed by atoms with Crippen LogP contribution in [0.1, 0.15) is 34.8 Å². The number of para-hydroxylation sites is 1. The predicted octanol–water partition coefficient (Wildman–Crippen LogP) is 4.28. The van der Waals surface area contributed by atoms with E-state index < -0.39 is 5.82 Å². The molecule has 1 aromatic carbocycles. The Labute approximate surface area is 195 Å². The number of hydrogen-bond donors (Lipinski definition) is 0. The molecule has 4 heterocycles. The number of carbonyl (C=O) groups is 1. The Morgan fingerprint density at radius 2 is 1.79 bits per heavy atom. The molecule has 0 aliphatic carbocycles. The summed E-state index contributed by atoms with van der Waals surface area (Å²) in [4.78, 5) is 36.2. The molecule has 34 heavy (non-hydrogen) atoms. The molecule has 0 unspecified atom stereocenters. The lowest BCUT2D eigenvalue weighted by atomic mass is 9.94. The average Bonchev–Trinajstić information content (AvgIpc) is 2.90. The monoisotopic (exact) mass is 456 g/mol. The van der Waals surface area contributed by atoms with Gasteiger partial charge in [-0.1, -0.05) is 12.1 Å². The zero-order chi connectivity index (χ0) is 23.3. The van der Waals surface area contributed by atoms with Crippen LogP contribution in [0.3, 0.4) is 0 Å². The maximum Gasteiger partial charge on any atom is 0.255 e. The Kier molecular flexibility index (Phi) is 6.15. The van der Waals surface area contributed by atoms with Crippen molar-refractivity contribution in [3.63, 3.8) is 0 Å². The van der Waals surface area contributed by atoms with Gasteiger partial charge in [-0.15, -0.1) is 0 Å². The van der Waals surface area contributed by atoms with Crippen molar-refractivity contribution in [3.05, 3.63) is 90.9 Å². The van der Waals surface area contributed by atoms with Gasteiger partial charge in [0.25, 0.3) is 5.91 Å². The summed E-state index contributed by atoms with van der Waals surface area (Å²) in [6.45, 7) is 1.07. The third kappa shape index (κ3) is 4.59. The van der Waals surface area contributed by atoms with Crippen molar-refractivity contribution < 1.29 is 13.9 Å². The molecule has 0 spiro atoms. The van der Waals surface area contributed by atoms with Crippen LogP contribution in [-0.4, -0.2) is 48.8 Å². The van der Waals surface area contributed by atoms with Crippen LogP contribution in [0.5, 0.6) is 11.6 Å². The Hall–Kier alpha value is -4.27. The molecule has 4 aromatic rings. The Balaban J connectivity index is 1.36. The van der Waals surface area contributed by atoms with Gasteiger partial charge in [-0.2, -0.15) is 0 Å². The second-order valence-corrected chi connectivity index (χ2v) is 7.96. The van der Waals surface area contributed by atoms with E-state index in [0.717, 1.165) is 24.0 Å². The van der Waals surface area contributed by atoms with Gasteiger partial charge in [-0.05, 0) is 31.0 Å². The third-order valence-corrected chi connectivity index (χ3v) is 5.71. The van der Waals surface area contributed by atoms with E-state index in [9.17, 15) is 9.18 Å². The van der Waals surface area contributed by atoms with Crippen molar-refractivity contribution >= 4 is 5.91 Å². The van der Waals surface area contributed by atoms with Gasteiger partial charge >= 0.3 is 0 Å². The molecule has 1 saturated heterocycles. The molecule has 170 valence electrons. The van der Waals surface area contributed by atoms with Crippen LogP contribution in [-0.2, 0) is 0 Å². The molecule has 1 fully saturated rings. The minimum absolute atomic E-state index is 0.0840. The summed E-state index contributed by atoms with van der Waals surface area (Å²) in [5, 5.41) is 0. The number of halogens is 1. The van der Waals surface area contributed by atoms with Gasteiger partial charge in [-0.3, -0.25) is 14.8 Å². The number of pyridine rings is 1. The second kappa shape index (κ2) is 9.70. The summed E-state index contributed by atoms with van der Waals surface area (Å²) >= 11 is 0. The lowest BCUT2D eigenvalue weighted by Crippen LogP contribution is -2.39. The molecule has 9 heteroatoms. The summed E-state index contributed by atoms with van der Waals surface area (Å²) in [5.74, 6) is -0.348. The number of aromatic nitrogens is 5. The average molecular weight is 456 g/mol. The number of piperidine rings is 1. The summed E-state index contributed by atoms with van der Waals surface area (Å²) in [5.41, 5.74) is 2.66. The molecular weight excluding hydrogens is 435 g/mol. The van der Waals surface area contributed by atoms with E-state index in [1.54, 1.807) is 60.1 Å². The number of likely N-dealkylation sites (tertiary alicyclic amines) is 1. The van der Waals surface area contributed by atoms with Crippen LogP contribution in [0.25, 0.3) is 11.1 Å². The minimum atomic E-state index is -0.476. The number of hydrogen-bond acceptors (Lipinski definition) is 7. The van der Waals surface area contributed by atoms with Gasteiger partial charge in [0.2, 0.25) is 5.88 Å². The number of amides is 1. The standard InChI is InChI=1S/C25H21FN6O2/c26-21-5-1-2-6-22(21)34-24-23(30-7-8-31-24)17-4-3-9-32(15-17)25(33)19-10-18(11-27-12-19)20-13-28-16-29-14-20/h1-2,5-8,10-14,16-17H,3-4,9,15H2/t17-/m1/s1. The van der Waals surface area contributed by atoms with E-state index in [1.165, 1.54) is 18.6 Å². The van der Waals surface area contributed by atoms with E-state index in [4.69, 9.17) is 4.74 Å². The molecule has 0 radical (unpaired) electrons. The van der Waals surface area contributed by atoms with Gasteiger partial charge in [0.05, 0.1) is 5.56 Å². The second-order valence-electron chi connectivity index (χ2n) is 7.96.